The zero-order valence-corrected chi connectivity index (χ0v) is 22.3. The topological polar surface area (TPSA) is 101 Å². The first-order valence-electron chi connectivity index (χ1n) is 11.8. The second kappa shape index (κ2) is 10.6. The maximum absolute atomic E-state index is 13.4. The Morgan fingerprint density at radius 3 is 2.32 bits per heavy atom. The van der Waals surface area contributed by atoms with Crippen LogP contribution in [-0.4, -0.2) is 56.4 Å². The molecule has 3 aromatic rings. The van der Waals surface area contributed by atoms with Crippen molar-refractivity contribution < 1.29 is 23.9 Å². The van der Waals surface area contributed by atoms with Crippen LogP contribution in [0.15, 0.2) is 48.5 Å². The minimum atomic E-state index is -0.680. The quantitative estimate of drug-likeness (QED) is 0.464. The summed E-state index contributed by atoms with van der Waals surface area (Å²) in [6.07, 6.45) is 0. The average Bonchev–Trinajstić information content (AvgIpc) is 3.31. The number of nitrogens with one attached hydrogen (secondary N) is 1. The number of ketones is 1. The Balaban J connectivity index is 1.62. The molecule has 2 heterocycles. The number of carbonyl (C=O) groups excluding carboxylic acids is 3. The lowest BCUT2D eigenvalue weighted by atomic mass is 9.96. The van der Waals surface area contributed by atoms with Gasteiger partial charge in [-0.05, 0) is 36.4 Å². The first-order chi connectivity index (χ1) is 17.6. The predicted molar refractivity (Wildman–Crippen MR) is 144 cm³/mol. The van der Waals surface area contributed by atoms with Gasteiger partial charge in [-0.3, -0.25) is 14.4 Å². The summed E-state index contributed by atoms with van der Waals surface area (Å²) in [6.45, 7) is 6.36. The lowest BCUT2D eigenvalue weighted by Gasteiger charge is -2.34. The molecule has 9 nitrogen and oxygen atoms in total. The fraction of sp³-hybridized carbons (Fsp3) is 0.333. The van der Waals surface area contributed by atoms with E-state index in [0.717, 1.165) is 11.3 Å². The Morgan fingerprint density at radius 2 is 1.70 bits per heavy atom. The number of piperazine rings is 1. The molecule has 1 aliphatic heterocycles. The van der Waals surface area contributed by atoms with Crippen LogP contribution in [0.2, 0.25) is 0 Å². The average molecular weight is 523 g/mol. The van der Waals surface area contributed by atoms with E-state index in [1.54, 1.807) is 64.2 Å². The largest absolute Gasteiger partial charge is 0.497 e. The van der Waals surface area contributed by atoms with Crippen molar-refractivity contribution in [3.63, 3.8) is 0 Å². The number of para-hydroxylation sites is 2. The van der Waals surface area contributed by atoms with Crippen molar-refractivity contribution in [2.45, 2.75) is 20.8 Å². The van der Waals surface area contributed by atoms with Crippen LogP contribution < -0.4 is 24.6 Å². The number of aromatic nitrogens is 1. The fourth-order valence-electron chi connectivity index (χ4n) is 3.80. The lowest BCUT2D eigenvalue weighted by Crippen LogP contribution is -2.50. The maximum Gasteiger partial charge on any atom is 0.246 e. The van der Waals surface area contributed by atoms with E-state index in [-0.39, 0.29) is 30.0 Å². The third-order valence-corrected chi connectivity index (χ3v) is 7.07. The number of anilines is 3. The summed E-state index contributed by atoms with van der Waals surface area (Å²) >= 11 is 1.16. The molecule has 2 amide bonds. The van der Waals surface area contributed by atoms with E-state index < -0.39 is 5.41 Å². The number of thiazole rings is 1. The van der Waals surface area contributed by atoms with Crippen molar-refractivity contribution in [1.29, 1.82) is 0 Å². The Hall–Kier alpha value is -3.92. The molecule has 0 radical (unpaired) electrons. The Morgan fingerprint density at radius 1 is 1.00 bits per heavy atom. The molecule has 1 N–H and O–H groups in total. The molecule has 2 aromatic carbocycles. The fourth-order valence-corrected chi connectivity index (χ4v) is 4.80. The van der Waals surface area contributed by atoms with Gasteiger partial charge < -0.3 is 24.6 Å². The molecular formula is C27H30N4O5S. The van der Waals surface area contributed by atoms with Crippen LogP contribution in [0.25, 0.3) is 0 Å². The van der Waals surface area contributed by atoms with Crippen molar-refractivity contribution in [2.75, 3.05) is 49.0 Å². The van der Waals surface area contributed by atoms with E-state index in [2.05, 4.69) is 10.3 Å². The van der Waals surface area contributed by atoms with Gasteiger partial charge in [0.1, 0.15) is 16.4 Å². The van der Waals surface area contributed by atoms with E-state index in [1.807, 2.05) is 29.2 Å². The number of methoxy groups -OCH3 is 2. The van der Waals surface area contributed by atoms with Gasteiger partial charge in [0, 0.05) is 24.1 Å². The highest BCUT2D eigenvalue weighted by Gasteiger charge is 2.32. The Bertz CT molecular complexity index is 1310. The molecule has 10 heteroatoms. The third kappa shape index (κ3) is 5.59. The Kier molecular flexibility index (Phi) is 7.49. The highest BCUT2D eigenvalue weighted by atomic mass is 32.1. The van der Waals surface area contributed by atoms with Crippen molar-refractivity contribution >= 4 is 45.6 Å². The molecule has 0 saturated carbocycles. The number of hydrogen-bond donors (Lipinski definition) is 1. The molecule has 1 saturated heterocycles. The number of nitrogens with zero attached hydrogens (tertiary/aromatic N) is 3. The van der Waals surface area contributed by atoms with Gasteiger partial charge >= 0.3 is 0 Å². The van der Waals surface area contributed by atoms with E-state index in [1.165, 1.54) is 0 Å². The third-order valence-electron chi connectivity index (χ3n) is 5.95. The van der Waals surface area contributed by atoms with Crippen LogP contribution in [0.3, 0.4) is 0 Å². The van der Waals surface area contributed by atoms with Gasteiger partial charge in [-0.15, -0.1) is 0 Å². The van der Waals surface area contributed by atoms with E-state index >= 15 is 0 Å². The molecule has 37 heavy (non-hydrogen) atoms. The van der Waals surface area contributed by atoms with Crippen molar-refractivity contribution in [1.82, 2.24) is 4.98 Å². The van der Waals surface area contributed by atoms with Crippen molar-refractivity contribution in [2.24, 2.45) is 5.41 Å². The summed E-state index contributed by atoms with van der Waals surface area (Å²) in [5.41, 5.74) is 0.474. The van der Waals surface area contributed by atoms with Gasteiger partial charge in [-0.25, -0.2) is 4.98 Å². The van der Waals surface area contributed by atoms with Gasteiger partial charge in [-0.2, -0.15) is 0 Å². The maximum atomic E-state index is 13.4. The molecule has 0 spiro atoms. The number of amides is 2. The van der Waals surface area contributed by atoms with Crippen LogP contribution in [0.1, 0.15) is 36.0 Å². The second-order valence-electron chi connectivity index (χ2n) is 9.57. The van der Waals surface area contributed by atoms with Crippen LogP contribution in [-0.2, 0) is 9.59 Å². The van der Waals surface area contributed by atoms with Crippen molar-refractivity contribution in [3.8, 4) is 11.5 Å². The summed E-state index contributed by atoms with van der Waals surface area (Å²) in [4.78, 5) is 47.8. The molecular weight excluding hydrogens is 492 g/mol. The summed E-state index contributed by atoms with van der Waals surface area (Å²) < 4.78 is 10.6. The highest BCUT2D eigenvalue weighted by Crippen LogP contribution is 2.35. The van der Waals surface area contributed by atoms with Crippen LogP contribution in [0.5, 0.6) is 11.5 Å². The zero-order valence-electron chi connectivity index (χ0n) is 21.5. The number of carbonyl (C=O) groups is 3. The highest BCUT2D eigenvalue weighted by molar-refractivity contribution is 7.18. The standard InChI is InChI=1S/C27H30N4O5S/c1-27(2,3)25(34)28-24-23(22(33)17-10-12-18(35-4)13-11-17)37-26(29-24)30-14-15-31(21(32)16-30)19-8-6-7-9-20(19)36-5/h6-13H,14-16H2,1-5H3,(H,28,34). The molecule has 0 bridgehead atoms. The minimum absolute atomic E-state index is 0.0778. The van der Waals surface area contributed by atoms with Crippen LogP contribution in [0.4, 0.5) is 16.6 Å². The predicted octanol–water partition coefficient (Wildman–Crippen LogP) is 4.23. The molecule has 1 aliphatic rings. The second-order valence-corrected chi connectivity index (χ2v) is 10.6. The summed E-state index contributed by atoms with van der Waals surface area (Å²) in [7, 11) is 3.13. The summed E-state index contributed by atoms with van der Waals surface area (Å²) in [5, 5.41) is 3.31. The Labute approximate surface area is 220 Å². The number of ether oxygens (including phenoxy) is 2. The number of hydrogen-bond acceptors (Lipinski definition) is 8. The van der Waals surface area contributed by atoms with Gasteiger partial charge in [-0.1, -0.05) is 44.2 Å². The van der Waals surface area contributed by atoms with Crippen molar-refractivity contribution in [3.05, 3.63) is 59.0 Å². The molecule has 4 rings (SSSR count). The van der Waals surface area contributed by atoms with Gasteiger partial charge in [0.2, 0.25) is 17.6 Å². The van der Waals surface area contributed by atoms with E-state index in [0.29, 0.717) is 45.8 Å². The molecule has 1 fully saturated rings. The first kappa shape index (κ1) is 26.2. The normalized spacial score (nSPS) is 13.9. The lowest BCUT2D eigenvalue weighted by molar-refractivity contribution is -0.123. The minimum Gasteiger partial charge on any atom is -0.497 e. The van der Waals surface area contributed by atoms with Crippen LogP contribution >= 0.6 is 11.3 Å². The molecule has 0 aliphatic carbocycles. The van der Waals surface area contributed by atoms with Gasteiger partial charge in [0.15, 0.2) is 10.9 Å². The smallest absolute Gasteiger partial charge is 0.246 e. The number of benzene rings is 2. The monoisotopic (exact) mass is 522 g/mol. The SMILES string of the molecule is COc1ccc(C(=O)c2sc(N3CCN(c4ccccc4OC)C(=O)C3)nc2NC(=O)C(C)(C)C)cc1. The summed E-state index contributed by atoms with van der Waals surface area (Å²) in [6, 6.07) is 14.1. The molecule has 1 aromatic heterocycles. The van der Waals surface area contributed by atoms with Crippen LogP contribution in [0, 0.1) is 5.41 Å². The van der Waals surface area contributed by atoms with Gasteiger partial charge in [0.25, 0.3) is 0 Å². The summed E-state index contributed by atoms with van der Waals surface area (Å²) in [5.74, 6) is 0.807. The zero-order chi connectivity index (χ0) is 26.7. The van der Waals surface area contributed by atoms with E-state index in [9.17, 15) is 14.4 Å². The molecule has 194 valence electrons. The first-order valence-corrected chi connectivity index (χ1v) is 12.6. The number of rotatable bonds is 7. The molecule has 0 atom stereocenters. The molecule has 0 unspecified atom stereocenters. The van der Waals surface area contributed by atoms with Gasteiger partial charge in [0.05, 0.1) is 26.5 Å². The van der Waals surface area contributed by atoms with E-state index in [4.69, 9.17) is 9.47 Å².